The number of ether oxygens (including phenoxy) is 1. The maximum Gasteiger partial charge on any atom is 0.159 e. The SMILES string of the molecule is CCCNc1nc(C2CCCO2)nc(C(C)(C)C)c1I. The average Bonchev–Trinajstić information content (AvgIpc) is 2.90. The van der Waals surface area contributed by atoms with E-state index in [0.29, 0.717) is 0 Å². The minimum absolute atomic E-state index is 0.00939. The number of nitrogens with one attached hydrogen (secondary N) is 1. The summed E-state index contributed by atoms with van der Waals surface area (Å²) in [4.78, 5) is 9.52. The van der Waals surface area contributed by atoms with Crippen molar-refractivity contribution in [2.75, 3.05) is 18.5 Å². The Morgan fingerprint density at radius 2 is 2.10 bits per heavy atom. The summed E-state index contributed by atoms with van der Waals surface area (Å²) < 4.78 is 6.88. The summed E-state index contributed by atoms with van der Waals surface area (Å²) >= 11 is 2.36. The van der Waals surface area contributed by atoms with E-state index in [9.17, 15) is 0 Å². The second-order valence-corrected chi connectivity index (χ2v) is 7.35. The zero-order valence-electron chi connectivity index (χ0n) is 12.8. The normalized spacial score (nSPS) is 19.4. The fourth-order valence-electron chi connectivity index (χ4n) is 2.25. The maximum absolute atomic E-state index is 5.75. The summed E-state index contributed by atoms with van der Waals surface area (Å²) in [5.41, 5.74) is 1.12. The van der Waals surface area contributed by atoms with Crippen molar-refractivity contribution in [1.82, 2.24) is 9.97 Å². The molecule has 112 valence electrons. The predicted molar refractivity (Wildman–Crippen MR) is 90.2 cm³/mol. The number of halogens is 1. The van der Waals surface area contributed by atoms with Crippen LogP contribution in [-0.2, 0) is 10.2 Å². The van der Waals surface area contributed by atoms with E-state index in [-0.39, 0.29) is 11.5 Å². The molecule has 1 N–H and O–H groups in total. The van der Waals surface area contributed by atoms with Crippen LogP contribution >= 0.6 is 22.6 Å². The van der Waals surface area contributed by atoms with Gasteiger partial charge in [-0.15, -0.1) is 0 Å². The van der Waals surface area contributed by atoms with Gasteiger partial charge in [0.25, 0.3) is 0 Å². The average molecular weight is 389 g/mol. The van der Waals surface area contributed by atoms with Crippen LogP contribution in [0.25, 0.3) is 0 Å². The molecule has 1 aliphatic heterocycles. The van der Waals surface area contributed by atoms with Gasteiger partial charge in [-0.05, 0) is 41.9 Å². The molecule has 4 nitrogen and oxygen atoms in total. The van der Waals surface area contributed by atoms with Crippen molar-refractivity contribution >= 4 is 28.4 Å². The van der Waals surface area contributed by atoms with Crippen LogP contribution in [0.5, 0.6) is 0 Å². The summed E-state index contributed by atoms with van der Waals surface area (Å²) in [6.45, 7) is 10.5. The minimum Gasteiger partial charge on any atom is -0.370 e. The highest BCUT2D eigenvalue weighted by Crippen LogP contribution is 2.33. The zero-order valence-corrected chi connectivity index (χ0v) is 15.0. The Morgan fingerprint density at radius 3 is 2.65 bits per heavy atom. The summed E-state index contributed by atoms with van der Waals surface area (Å²) in [6.07, 6.45) is 3.27. The quantitative estimate of drug-likeness (QED) is 0.790. The Kier molecular flexibility index (Phi) is 5.23. The van der Waals surface area contributed by atoms with Gasteiger partial charge in [0.2, 0.25) is 0 Å². The molecule has 1 fully saturated rings. The maximum atomic E-state index is 5.75. The van der Waals surface area contributed by atoms with Crippen molar-refractivity contribution in [2.24, 2.45) is 0 Å². The molecular formula is C15H24IN3O. The molecule has 0 bridgehead atoms. The molecule has 1 atom stereocenters. The molecule has 0 aromatic carbocycles. The molecule has 2 heterocycles. The van der Waals surface area contributed by atoms with Crippen LogP contribution in [0.1, 0.15) is 64.6 Å². The third-order valence-corrected chi connectivity index (χ3v) is 4.36. The van der Waals surface area contributed by atoms with Crippen LogP contribution in [0, 0.1) is 3.57 Å². The zero-order chi connectivity index (χ0) is 14.8. The molecule has 0 amide bonds. The standard InChI is InChI=1S/C15H24IN3O/c1-5-8-17-14-11(16)12(15(2,3)4)18-13(19-14)10-7-6-9-20-10/h10H,5-9H2,1-4H3,(H,17,18,19). The lowest BCUT2D eigenvalue weighted by atomic mass is 9.91. The van der Waals surface area contributed by atoms with E-state index in [1.165, 1.54) is 0 Å². The first-order valence-electron chi connectivity index (χ1n) is 7.37. The van der Waals surface area contributed by atoms with Gasteiger partial charge in [0.15, 0.2) is 5.82 Å². The van der Waals surface area contributed by atoms with Gasteiger partial charge < -0.3 is 10.1 Å². The van der Waals surface area contributed by atoms with E-state index in [1.54, 1.807) is 0 Å². The molecule has 5 heteroatoms. The van der Waals surface area contributed by atoms with E-state index >= 15 is 0 Å². The van der Waals surface area contributed by atoms with Gasteiger partial charge in [-0.1, -0.05) is 27.7 Å². The molecule has 0 aliphatic carbocycles. The Labute approximate surface area is 135 Å². The van der Waals surface area contributed by atoms with E-state index in [0.717, 1.165) is 53.3 Å². The fraction of sp³-hybridized carbons (Fsp3) is 0.733. The lowest BCUT2D eigenvalue weighted by molar-refractivity contribution is 0.104. The van der Waals surface area contributed by atoms with Crippen molar-refractivity contribution in [2.45, 2.75) is 58.5 Å². The Morgan fingerprint density at radius 1 is 1.35 bits per heavy atom. The molecule has 20 heavy (non-hydrogen) atoms. The molecule has 0 radical (unpaired) electrons. The Bertz CT molecular complexity index is 465. The third-order valence-electron chi connectivity index (χ3n) is 3.34. The monoisotopic (exact) mass is 389 g/mol. The van der Waals surface area contributed by atoms with E-state index in [4.69, 9.17) is 14.7 Å². The van der Waals surface area contributed by atoms with Crippen molar-refractivity contribution < 1.29 is 4.74 Å². The first-order chi connectivity index (χ1) is 9.43. The van der Waals surface area contributed by atoms with Crippen LogP contribution in [0.4, 0.5) is 5.82 Å². The molecule has 0 saturated carbocycles. The topological polar surface area (TPSA) is 47.0 Å². The van der Waals surface area contributed by atoms with E-state index < -0.39 is 0 Å². The van der Waals surface area contributed by atoms with Crippen molar-refractivity contribution in [3.63, 3.8) is 0 Å². The third kappa shape index (κ3) is 3.61. The van der Waals surface area contributed by atoms with Crippen LogP contribution in [0.2, 0.25) is 0 Å². The summed E-state index contributed by atoms with van der Waals surface area (Å²) in [6, 6.07) is 0. The van der Waals surface area contributed by atoms with Crippen LogP contribution in [0.15, 0.2) is 0 Å². The fourth-order valence-corrected chi connectivity index (χ4v) is 3.49. The van der Waals surface area contributed by atoms with Gasteiger partial charge >= 0.3 is 0 Å². The molecule has 2 rings (SSSR count). The van der Waals surface area contributed by atoms with Crippen LogP contribution < -0.4 is 5.32 Å². The van der Waals surface area contributed by atoms with Gasteiger partial charge in [0.05, 0.1) is 9.26 Å². The van der Waals surface area contributed by atoms with Gasteiger partial charge in [-0.3, -0.25) is 0 Å². The Balaban J connectivity index is 2.42. The van der Waals surface area contributed by atoms with Crippen molar-refractivity contribution in [3.8, 4) is 0 Å². The summed E-state index contributed by atoms with van der Waals surface area (Å²) in [5.74, 6) is 1.80. The number of hydrogen-bond donors (Lipinski definition) is 1. The second-order valence-electron chi connectivity index (χ2n) is 6.27. The van der Waals surface area contributed by atoms with Gasteiger partial charge in [0.1, 0.15) is 11.9 Å². The largest absolute Gasteiger partial charge is 0.370 e. The first-order valence-corrected chi connectivity index (χ1v) is 8.44. The highest BCUT2D eigenvalue weighted by Gasteiger charge is 2.27. The molecule has 1 saturated heterocycles. The molecule has 1 aliphatic rings. The van der Waals surface area contributed by atoms with Crippen LogP contribution in [-0.4, -0.2) is 23.1 Å². The van der Waals surface area contributed by atoms with E-state index in [1.807, 2.05) is 0 Å². The van der Waals surface area contributed by atoms with Gasteiger partial charge in [-0.25, -0.2) is 9.97 Å². The van der Waals surface area contributed by atoms with Gasteiger partial charge in [-0.2, -0.15) is 0 Å². The number of hydrogen-bond acceptors (Lipinski definition) is 4. The smallest absolute Gasteiger partial charge is 0.159 e. The second kappa shape index (κ2) is 6.56. The molecular weight excluding hydrogens is 365 g/mol. The lowest BCUT2D eigenvalue weighted by Crippen LogP contribution is -2.21. The molecule has 1 unspecified atom stereocenters. The first kappa shape index (κ1) is 15.9. The summed E-state index contributed by atoms with van der Waals surface area (Å²) in [5, 5.41) is 3.42. The highest BCUT2D eigenvalue weighted by molar-refractivity contribution is 14.1. The van der Waals surface area contributed by atoms with Crippen LogP contribution in [0.3, 0.4) is 0 Å². The number of anilines is 1. The summed E-state index contributed by atoms with van der Waals surface area (Å²) in [7, 11) is 0. The van der Waals surface area contributed by atoms with E-state index in [2.05, 4.69) is 55.6 Å². The lowest BCUT2D eigenvalue weighted by Gasteiger charge is -2.23. The van der Waals surface area contributed by atoms with Crippen molar-refractivity contribution in [1.29, 1.82) is 0 Å². The number of aromatic nitrogens is 2. The minimum atomic E-state index is 0.00939. The van der Waals surface area contributed by atoms with Gasteiger partial charge in [0, 0.05) is 18.6 Å². The molecule has 1 aromatic rings. The number of nitrogens with zero attached hydrogens (tertiary/aromatic N) is 2. The Hall–Kier alpha value is -0.430. The molecule has 0 spiro atoms. The molecule has 1 aromatic heterocycles. The highest BCUT2D eigenvalue weighted by atomic mass is 127. The predicted octanol–water partition coefficient (Wildman–Crippen LogP) is 4.05. The van der Waals surface area contributed by atoms with Crippen molar-refractivity contribution in [3.05, 3.63) is 15.1 Å². The number of rotatable bonds is 4.